The topological polar surface area (TPSA) is 67.8 Å². The van der Waals surface area contributed by atoms with Gasteiger partial charge in [0.1, 0.15) is 11.0 Å². The van der Waals surface area contributed by atoms with E-state index in [-0.39, 0.29) is 5.91 Å². The quantitative estimate of drug-likeness (QED) is 0.611. The highest BCUT2D eigenvalue weighted by Crippen LogP contribution is 2.25. The van der Waals surface area contributed by atoms with Gasteiger partial charge in [-0.2, -0.15) is 8.75 Å². The van der Waals surface area contributed by atoms with Crippen LogP contribution in [0.5, 0.6) is 0 Å². The Balaban J connectivity index is 1.55. The molecule has 0 saturated carbocycles. The van der Waals surface area contributed by atoms with E-state index in [4.69, 9.17) is 0 Å². The third kappa shape index (κ3) is 2.84. The molecule has 0 spiro atoms. The summed E-state index contributed by atoms with van der Waals surface area (Å²) in [6.07, 6.45) is 0. The summed E-state index contributed by atoms with van der Waals surface area (Å²) in [5.74, 6) is -0.200. The summed E-state index contributed by atoms with van der Waals surface area (Å²) < 4.78 is 8.28. The lowest BCUT2D eigenvalue weighted by Gasteiger charge is -2.01. The first-order valence-electron chi connectivity index (χ1n) is 6.84. The van der Waals surface area contributed by atoms with Crippen molar-refractivity contribution in [3.05, 3.63) is 59.5 Å². The highest BCUT2D eigenvalue weighted by Gasteiger charge is 2.11. The molecule has 1 amide bonds. The monoisotopic (exact) mass is 338 g/mol. The van der Waals surface area contributed by atoms with Crippen LogP contribution in [0.15, 0.2) is 53.9 Å². The number of thiazole rings is 1. The van der Waals surface area contributed by atoms with Crippen LogP contribution in [0, 0.1) is 0 Å². The molecule has 2 heterocycles. The van der Waals surface area contributed by atoms with Gasteiger partial charge in [0.05, 0.1) is 17.4 Å². The highest BCUT2D eigenvalue weighted by atomic mass is 32.1. The van der Waals surface area contributed by atoms with Crippen molar-refractivity contribution in [1.82, 2.24) is 13.7 Å². The summed E-state index contributed by atoms with van der Waals surface area (Å²) in [6.45, 7) is 0. The average molecular weight is 338 g/mol. The van der Waals surface area contributed by atoms with Crippen LogP contribution in [-0.4, -0.2) is 19.6 Å². The lowest BCUT2D eigenvalue weighted by Crippen LogP contribution is -2.11. The van der Waals surface area contributed by atoms with E-state index in [1.165, 1.54) is 11.3 Å². The van der Waals surface area contributed by atoms with Gasteiger partial charge in [-0.1, -0.05) is 30.3 Å². The fourth-order valence-electron chi connectivity index (χ4n) is 2.17. The van der Waals surface area contributed by atoms with E-state index in [0.29, 0.717) is 10.7 Å². The van der Waals surface area contributed by atoms with Crippen LogP contribution in [0.25, 0.3) is 22.3 Å². The van der Waals surface area contributed by atoms with Crippen molar-refractivity contribution in [2.45, 2.75) is 0 Å². The maximum Gasteiger partial charge on any atom is 0.257 e. The van der Waals surface area contributed by atoms with Gasteiger partial charge < -0.3 is 0 Å². The second-order valence-corrected chi connectivity index (χ2v) is 6.21. The van der Waals surface area contributed by atoms with Gasteiger partial charge >= 0.3 is 0 Å². The molecule has 0 unspecified atom stereocenters. The molecule has 0 bridgehead atoms. The van der Waals surface area contributed by atoms with E-state index in [1.54, 1.807) is 18.2 Å². The van der Waals surface area contributed by atoms with Gasteiger partial charge in [-0.15, -0.1) is 11.3 Å². The number of carbonyl (C=O) groups excluding carboxylic acids is 1. The normalized spacial score (nSPS) is 10.8. The molecule has 0 fully saturated rings. The van der Waals surface area contributed by atoms with E-state index in [1.807, 2.05) is 35.7 Å². The van der Waals surface area contributed by atoms with Gasteiger partial charge in [-0.25, -0.2) is 4.98 Å². The smallest absolute Gasteiger partial charge is 0.257 e. The van der Waals surface area contributed by atoms with Crippen molar-refractivity contribution >= 4 is 45.1 Å². The first-order valence-corrected chi connectivity index (χ1v) is 8.45. The molecule has 2 aromatic heterocycles. The highest BCUT2D eigenvalue weighted by molar-refractivity contribution is 7.14. The predicted octanol–water partition coefficient (Wildman–Crippen LogP) is 4.07. The first kappa shape index (κ1) is 14.0. The summed E-state index contributed by atoms with van der Waals surface area (Å²) in [7, 11) is 0. The van der Waals surface area contributed by atoms with Gasteiger partial charge in [0.2, 0.25) is 0 Å². The van der Waals surface area contributed by atoms with Gasteiger partial charge in [0.15, 0.2) is 5.13 Å². The molecule has 0 aliphatic heterocycles. The van der Waals surface area contributed by atoms with Crippen molar-refractivity contribution < 1.29 is 4.79 Å². The van der Waals surface area contributed by atoms with E-state index < -0.39 is 0 Å². The Morgan fingerprint density at radius 2 is 1.83 bits per heavy atom. The molecule has 2 aromatic carbocycles. The molecule has 5 nitrogen and oxygen atoms in total. The third-order valence-electron chi connectivity index (χ3n) is 3.31. The number of hydrogen-bond acceptors (Lipinski definition) is 6. The predicted molar refractivity (Wildman–Crippen MR) is 92.9 cm³/mol. The Labute approximate surface area is 140 Å². The average Bonchev–Trinajstić information content (AvgIpc) is 3.24. The maximum atomic E-state index is 12.3. The molecule has 112 valence electrons. The van der Waals surface area contributed by atoms with Crippen LogP contribution in [0.1, 0.15) is 10.4 Å². The molecular weight excluding hydrogens is 328 g/mol. The lowest BCUT2D eigenvalue weighted by atomic mass is 10.2. The molecule has 0 radical (unpaired) electrons. The number of amides is 1. The van der Waals surface area contributed by atoms with E-state index in [0.717, 1.165) is 34.0 Å². The number of nitrogens with one attached hydrogen (secondary N) is 1. The zero-order valence-electron chi connectivity index (χ0n) is 11.8. The number of aromatic nitrogens is 3. The van der Waals surface area contributed by atoms with Gasteiger partial charge in [-0.3, -0.25) is 10.1 Å². The number of nitrogens with zero attached hydrogens (tertiary/aromatic N) is 3. The van der Waals surface area contributed by atoms with Crippen molar-refractivity contribution in [3.63, 3.8) is 0 Å². The lowest BCUT2D eigenvalue weighted by molar-refractivity contribution is 0.102. The summed E-state index contributed by atoms with van der Waals surface area (Å²) in [4.78, 5) is 16.8. The molecule has 0 aliphatic rings. The third-order valence-corrected chi connectivity index (χ3v) is 4.62. The van der Waals surface area contributed by atoms with Crippen LogP contribution in [0.2, 0.25) is 0 Å². The fourth-order valence-corrected chi connectivity index (χ4v) is 3.40. The van der Waals surface area contributed by atoms with E-state index >= 15 is 0 Å². The number of hydrogen-bond donors (Lipinski definition) is 1. The molecule has 23 heavy (non-hydrogen) atoms. The number of fused-ring (bicyclic) bond motifs is 1. The van der Waals surface area contributed by atoms with Crippen LogP contribution in [0.4, 0.5) is 5.13 Å². The number of carbonyl (C=O) groups is 1. The largest absolute Gasteiger partial charge is 0.298 e. The van der Waals surface area contributed by atoms with Gasteiger partial charge in [-0.05, 0) is 18.2 Å². The van der Waals surface area contributed by atoms with Gasteiger partial charge in [0.25, 0.3) is 5.91 Å². The molecule has 4 rings (SSSR count). The minimum atomic E-state index is -0.200. The van der Waals surface area contributed by atoms with Gasteiger partial charge in [0, 0.05) is 16.5 Å². The van der Waals surface area contributed by atoms with Crippen molar-refractivity contribution in [3.8, 4) is 11.3 Å². The Morgan fingerprint density at radius 1 is 1.00 bits per heavy atom. The van der Waals surface area contributed by atoms with Crippen LogP contribution < -0.4 is 5.32 Å². The zero-order chi connectivity index (χ0) is 15.6. The second-order valence-electron chi connectivity index (χ2n) is 4.83. The van der Waals surface area contributed by atoms with Crippen molar-refractivity contribution in [2.24, 2.45) is 0 Å². The number of benzene rings is 2. The van der Waals surface area contributed by atoms with Crippen LogP contribution in [0.3, 0.4) is 0 Å². The van der Waals surface area contributed by atoms with E-state index in [2.05, 4.69) is 19.0 Å². The number of anilines is 1. The molecule has 1 N–H and O–H groups in total. The molecule has 7 heteroatoms. The summed E-state index contributed by atoms with van der Waals surface area (Å²) in [6, 6.07) is 15.1. The Bertz CT molecular complexity index is 978. The molecule has 0 aliphatic carbocycles. The Kier molecular flexibility index (Phi) is 3.57. The van der Waals surface area contributed by atoms with E-state index in [9.17, 15) is 4.79 Å². The maximum absolute atomic E-state index is 12.3. The summed E-state index contributed by atoms with van der Waals surface area (Å²) in [5, 5.41) is 5.33. The molecule has 4 aromatic rings. The van der Waals surface area contributed by atoms with Crippen LogP contribution >= 0.6 is 23.1 Å². The minimum Gasteiger partial charge on any atom is -0.298 e. The second kappa shape index (κ2) is 5.86. The summed E-state index contributed by atoms with van der Waals surface area (Å²) >= 11 is 2.54. The molecular formula is C16H10N4OS2. The fraction of sp³-hybridized carbons (Fsp3) is 0. The Hall–Kier alpha value is -2.64. The Morgan fingerprint density at radius 3 is 2.70 bits per heavy atom. The van der Waals surface area contributed by atoms with Crippen molar-refractivity contribution in [1.29, 1.82) is 0 Å². The standard InChI is InChI=1S/C16H10N4OS2/c21-15(11-6-7-12-13(8-11)20-23-19-12)18-16-17-14(9-22-16)10-4-2-1-3-5-10/h1-9H,(H,17,18,21). The molecule has 0 saturated heterocycles. The zero-order valence-corrected chi connectivity index (χ0v) is 13.4. The molecule has 0 atom stereocenters. The first-order chi connectivity index (χ1) is 11.3. The summed E-state index contributed by atoms with van der Waals surface area (Å²) in [5.41, 5.74) is 3.95. The van der Waals surface area contributed by atoms with Crippen LogP contribution in [-0.2, 0) is 0 Å². The number of rotatable bonds is 3. The van der Waals surface area contributed by atoms with Crippen molar-refractivity contribution in [2.75, 3.05) is 5.32 Å². The minimum absolute atomic E-state index is 0.200. The SMILES string of the molecule is O=C(Nc1nc(-c2ccccc2)cs1)c1ccc2nsnc2c1.